The Hall–Kier alpha value is -1.04. The first-order chi connectivity index (χ1) is 18.3. The molecule has 2 rings (SSSR count). The van der Waals surface area contributed by atoms with Crippen LogP contribution in [-0.2, 0) is 32.8 Å². The number of amides is 1. The van der Waals surface area contributed by atoms with Crippen molar-refractivity contribution < 1.29 is 32.8 Å². The van der Waals surface area contributed by atoms with E-state index < -0.39 is 27.0 Å². The molecular weight excluding hydrogens is 541 g/mol. The van der Waals surface area contributed by atoms with E-state index in [1.165, 1.54) is 17.8 Å². The predicted molar refractivity (Wildman–Crippen MR) is 156 cm³/mol. The maximum atomic E-state index is 12.1. The topological polar surface area (TPSA) is 98.8 Å². The number of thioether (sulfide) groups is 1. The van der Waals surface area contributed by atoms with Gasteiger partial charge in [0.2, 0.25) is 0 Å². The van der Waals surface area contributed by atoms with Crippen molar-refractivity contribution in [3.63, 3.8) is 0 Å². The Morgan fingerprint density at radius 2 is 1.87 bits per heavy atom. The zero-order valence-electron chi connectivity index (χ0n) is 25.0. The molecule has 1 saturated heterocycles. The molecule has 5 atom stereocenters. The first-order valence-electron chi connectivity index (χ1n) is 13.6. The highest BCUT2D eigenvalue weighted by Gasteiger charge is 2.50. The van der Waals surface area contributed by atoms with Crippen molar-refractivity contribution >= 4 is 31.3 Å². The van der Waals surface area contributed by atoms with E-state index in [1.54, 1.807) is 18.2 Å². The first-order valence-corrected chi connectivity index (χ1v) is 15.7. The minimum Gasteiger partial charge on any atom is -0.378 e. The van der Waals surface area contributed by atoms with E-state index in [4.69, 9.17) is 23.3 Å². The van der Waals surface area contributed by atoms with Crippen molar-refractivity contribution in [2.24, 2.45) is 5.41 Å². The molecule has 224 valence electrons. The van der Waals surface area contributed by atoms with Gasteiger partial charge in [-0.15, -0.1) is 0 Å². The Bertz CT molecular complexity index is 844. The van der Waals surface area contributed by atoms with Gasteiger partial charge in [-0.25, -0.2) is 4.67 Å². The zero-order chi connectivity index (χ0) is 29.3. The van der Waals surface area contributed by atoms with E-state index in [9.17, 15) is 9.59 Å². The standard InChI is InChI=1S/C27H48N3O7PS/c1-11-21-23(24(33-10)25(36-21)29-13-12-22(31)28-20(29)6)37-38(30(18(2)3)19(4)5)35-15-14-34-16-17-39-26(32)27(7,8)9/h12-13,18-19,21,23-25H,6,11,14-17H2,1-5,7-10H3,(H,28,31)/t21-,23?,24+,25-,38?/m1/s1. The van der Waals surface area contributed by atoms with Crippen molar-refractivity contribution in [2.75, 3.05) is 32.7 Å². The van der Waals surface area contributed by atoms with E-state index in [0.717, 1.165) is 0 Å². The van der Waals surface area contributed by atoms with Crippen LogP contribution in [0.15, 0.2) is 24.7 Å². The highest BCUT2D eigenvalue weighted by atomic mass is 32.2. The van der Waals surface area contributed by atoms with E-state index in [0.29, 0.717) is 37.8 Å². The van der Waals surface area contributed by atoms with Crippen LogP contribution >= 0.6 is 20.3 Å². The van der Waals surface area contributed by atoms with Crippen molar-refractivity contribution in [1.29, 1.82) is 0 Å². The summed E-state index contributed by atoms with van der Waals surface area (Å²) < 4.78 is 33.3. The summed E-state index contributed by atoms with van der Waals surface area (Å²) in [5.74, 6) is 0.802. The fourth-order valence-corrected chi connectivity index (χ4v) is 6.85. The first kappa shape index (κ1) is 34.2. The number of ether oxygens (including phenoxy) is 3. The van der Waals surface area contributed by atoms with Gasteiger partial charge in [0.15, 0.2) is 11.3 Å². The number of hydrogen-bond donors (Lipinski definition) is 1. The average molecular weight is 590 g/mol. The molecule has 0 aliphatic carbocycles. The Morgan fingerprint density at radius 3 is 2.41 bits per heavy atom. The van der Waals surface area contributed by atoms with Crippen LogP contribution in [0.5, 0.6) is 0 Å². The SMILES string of the molecule is C=C1NC(=O)C=CN1[C@@H]1O[C@H](CC)C(OP(OCCOCCSC(=O)C(C)(C)C)N(C(C)C)C(C)C)[C@@H]1OC. The van der Waals surface area contributed by atoms with Crippen LogP contribution in [0.2, 0.25) is 0 Å². The predicted octanol–water partition coefficient (Wildman–Crippen LogP) is 4.62. The largest absolute Gasteiger partial charge is 0.378 e. The van der Waals surface area contributed by atoms with Gasteiger partial charge in [0, 0.05) is 42.6 Å². The Kier molecular flexibility index (Phi) is 13.9. The van der Waals surface area contributed by atoms with Crippen LogP contribution in [0.4, 0.5) is 0 Å². The normalized spacial score (nSPS) is 24.8. The summed E-state index contributed by atoms with van der Waals surface area (Å²) in [5.41, 5.74) is -0.358. The lowest BCUT2D eigenvalue weighted by Crippen LogP contribution is -2.47. The van der Waals surface area contributed by atoms with Crippen LogP contribution < -0.4 is 5.32 Å². The Morgan fingerprint density at radius 1 is 1.21 bits per heavy atom. The summed E-state index contributed by atoms with van der Waals surface area (Å²) in [6.45, 7) is 21.4. The number of carbonyl (C=O) groups excluding carboxylic acids is 2. The molecule has 2 unspecified atom stereocenters. The molecule has 0 aromatic heterocycles. The van der Waals surface area contributed by atoms with Gasteiger partial charge in [-0.05, 0) is 34.1 Å². The van der Waals surface area contributed by atoms with Crippen LogP contribution in [0, 0.1) is 5.41 Å². The van der Waals surface area contributed by atoms with E-state index in [2.05, 4.69) is 44.3 Å². The molecule has 1 N–H and O–H groups in total. The van der Waals surface area contributed by atoms with E-state index in [1.807, 2.05) is 27.7 Å². The molecule has 10 nitrogen and oxygen atoms in total. The van der Waals surface area contributed by atoms with Crippen molar-refractivity contribution in [3.8, 4) is 0 Å². The van der Waals surface area contributed by atoms with Crippen LogP contribution in [0.1, 0.15) is 61.8 Å². The van der Waals surface area contributed by atoms with Gasteiger partial charge in [-0.1, -0.05) is 46.0 Å². The number of rotatable bonds is 15. The maximum Gasteiger partial charge on any atom is 0.259 e. The molecule has 0 spiro atoms. The number of nitrogens with one attached hydrogen (secondary N) is 1. The molecule has 0 saturated carbocycles. The minimum atomic E-state index is -1.48. The van der Waals surface area contributed by atoms with Gasteiger partial charge >= 0.3 is 0 Å². The lowest BCUT2D eigenvalue weighted by atomic mass is 10.00. The molecule has 2 heterocycles. The lowest BCUT2D eigenvalue weighted by molar-refractivity contribution is -0.119. The van der Waals surface area contributed by atoms with E-state index >= 15 is 0 Å². The number of hydrogen-bond acceptors (Lipinski definition) is 10. The van der Waals surface area contributed by atoms with Gasteiger partial charge in [-0.3, -0.25) is 9.59 Å². The third-order valence-corrected chi connectivity index (χ3v) is 9.53. The average Bonchev–Trinajstić information content (AvgIpc) is 3.18. The molecular formula is C27H48N3O7PS. The van der Waals surface area contributed by atoms with Gasteiger partial charge in [0.1, 0.15) is 18.0 Å². The summed E-state index contributed by atoms with van der Waals surface area (Å²) in [5, 5.41) is 2.87. The lowest BCUT2D eigenvalue weighted by Gasteiger charge is -2.38. The molecule has 0 radical (unpaired) electrons. The molecule has 0 aromatic rings. The highest BCUT2D eigenvalue weighted by molar-refractivity contribution is 8.13. The summed E-state index contributed by atoms with van der Waals surface area (Å²) >= 11 is 1.30. The van der Waals surface area contributed by atoms with Gasteiger partial charge in [0.25, 0.3) is 14.4 Å². The second kappa shape index (κ2) is 15.8. The third-order valence-electron chi connectivity index (χ3n) is 6.16. The van der Waals surface area contributed by atoms with Crippen LogP contribution in [0.3, 0.4) is 0 Å². The fourth-order valence-electron chi connectivity index (χ4n) is 4.28. The molecule has 39 heavy (non-hydrogen) atoms. The van der Waals surface area contributed by atoms with E-state index in [-0.39, 0.29) is 34.6 Å². The third kappa shape index (κ3) is 9.78. The summed E-state index contributed by atoms with van der Waals surface area (Å²) in [6, 6.07) is 0.354. The molecule has 1 fully saturated rings. The molecule has 2 aliphatic heterocycles. The minimum absolute atomic E-state index is 0.157. The van der Waals surface area contributed by atoms with Gasteiger partial charge in [0.05, 0.1) is 25.9 Å². The maximum absolute atomic E-state index is 12.1. The second-order valence-electron chi connectivity index (χ2n) is 11.0. The van der Waals surface area contributed by atoms with Gasteiger partial charge < -0.3 is 33.5 Å². The van der Waals surface area contributed by atoms with Crippen molar-refractivity contribution in [3.05, 3.63) is 24.7 Å². The summed E-state index contributed by atoms with van der Waals surface area (Å²) in [4.78, 5) is 25.6. The molecule has 1 amide bonds. The quantitative estimate of drug-likeness (QED) is 0.215. The zero-order valence-corrected chi connectivity index (χ0v) is 26.7. The van der Waals surface area contributed by atoms with Gasteiger partial charge in [-0.2, -0.15) is 0 Å². The Labute approximate surface area is 240 Å². The summed E-state index contributed by atoms with van der Waals surface area (Å²) in [7, 11) is 0.153. The fraction of sp³-hybridized carbons (Fsp3) is 0.778. The second-order valence-corrected chi connectivity index (χ2v) is 13.5. The molecule has 0 aromatic carbocycles. The number of methoxy groups -OCH3 is 1. The number of nitrogens with zero attached hydrogens (tertiary/aromatic N) is 2. The Balaban J connectivity index is 2.07. The highest BCUT2D eigenvalue weighted by Crippen LogP contribution is 2.50. The van der Waals surface area contributed by atoms with Crippen molar-refractivity contribution in [1.82, 2.24) is 14.9 Å². The number of carbonyl (C=O) groups is 2. The molecule has 0 bridgehead atoms. The monoisotopic (exact) mass is 589 g/mol. The summed E-state index contributed by atoms with van der Waals surface area (Å²) in [6.07, 6.45) is 2.18. The smallest absolute Gasteiger partial charge is 0.259 e. The van der Waals surface area contributed by atoms with Crippen molar-refractivity contribution in [2.45, 2.75) is 98.4 Å². The van der Waals surface area contributed by atoms with Crippen LogP contribution in [0.25, 0.3) is 0 Å². The molecule has 12 heteroatoms. The van der Waals surface area contributed by atoms with Crippen LogP contribution in [-0.4, -0.2) is 89.9 Å². The molecule has 2 aliphatic rings.